The number of esters is 1. The predicted molar refractivity (Wildman–Crippen MR) is 70.9 cm³/mol. The first-order valence-corrected chi connectivity index (χ1v) is 6.66. The van der Waals surface area contributed by atoms with Gasteiger partial charge in [0.25, 0.3) is 0 Å². The van der Waals surface area contributed by atoms with E-state index in [1.807, 2.05) is 30.3 Å². The van der Waals surface area contributed by atoms with Crippen LogP contribution in [0.15, 0.2) is 30.3 Å². The second-order valence-corrected chi connectivity index (χ2v) is 5.25. The minimum atomic E-state index is -0.327. The van der Waals surface area contributed by atoms with E-state index in [4.69, 9.17) is 10.5 Å². The normalized spacial score (nSPS) is 18.3. The van der Waals surface area contributed by atoms with Crippen LogP contribution in [0, 0.1) is 0 Å². The fourth-order valence-electron chi connectivity index (χ4n) is 2.51. The van der Waals surface area contributed by atoms with Crippen LogP contribution in [0.2, 0.25) is 0 Å². The Morgan fingerprint density at radius 1 is 1.17 bits per heavy atom. The van der Waals surface area contributed by atoms with Crippen molar-refractivity contribution in [2.45, 2.75) is 50.7 Å². The number of carbonyl (C=O) groups is 1. The van der Waals surface area contributed by atoms with E-state index in [0.717, 1.165) is 31.2 Å². The lowest BCUT2D eigenvalue weighted by atomic mass is 9.80. The highest BCUT2D eigenvalue weighted by atomic mass is 16.5. The molecule has 98 valence electrons. The Hall–Kier alpha value is -1.35. The lowest BCUT2D eigenvalue weighted by Gasteiger charge is -2.32. The van der Waals surface area contributed by atoms with E-state index in [2.05, 4.69) is 0 Å². The van der Waals surface area contributed by atoms with Gasteiger partial charge in [0.2, 0.25) is 0 Å². The topological polar surface area (TPSA) is 52.3 Å². The van der Waals surface area contributed by atoms with Gasteiger partial charge in [-0.15, -0.1) is 0 Å². The molecule has 3 heteroatoms. The molecule has 1 aromatic rings. The smallest absolute Gasteiger partial charge is 0.307 e. The van der Waals surface area contributed by atoms with Crippen LogP contribution < -0.4 is 5.73 Å². The van der Waals surface area contributed by atoms with Crippen molar-refractivity contribution in [3.05, 3.63) is 35.9 Å². The van der Waals surface area contributed by atoms with Crippen molar-refractivity contribution < 1.29 is 9.53 Å². The van der Waals surface area contributed by atoms with Crippen LogP contribution in [0.3, 0.4) is 0 Å². The summed E-state index contributed by atoms with van der Waals surface area (Å²) in [6.45, 7) is 0.343. The maximum atomic E-state index is 11.8. The quantitative estimate of drug-likeness (QED) is 0.832. The van der Waals surface area contributed by atoms with Crippen LogP contribution in [-0.2, 0) is 16.1 Å². The molecule has 0 bridgehead atoms. The van der Waals surface area contributed by atoms with Gasteiger partial charge in [0, 0.05) is 5.54 Å². The summed E-state index contributed by atoms with van der Waals surface area (Å²) in [4.78, 5) is 11.8. The van der Waals surface area contributed by atoms with Crippen LogP contribution in [0.25, 0.3) is 0 Å². The van der Waals surface area contributed by atoms with E-state index in [-0.39, 0.29) is 11.5 Å². The molecule has 1 saturated carbocycles. The van der Waals surface area contributed by atoms with Crippen molar-refractivity contribution in [1.29, 1.82) is 0 Å². The van der Waals surface area contributed by atoms with E-state index in [0.29, 0.717) is 13.0 Å². The highest BCUT2D eigenvalue weighted by Crippen LogP contribution is 2.28. The summed E-state index contributed by atoms with van der Waals surface area (Å²) in [5.41, 5.74) is 6.92. The number of benzene rings is 1. The molecule has 1 aliphatic carbocycles. The molecular formula is C15H21NO2. The standard InChI is InChI=1S/C15H21NO2/c16-15(9-5-2-6-10-15)11-14(17)18-12-13-7-3-1-4-8-13/h1,3-4,7-8H,2,5-6,9-12,16H2. The number of ether oxygens (including phenoxy) is 1. The molecule has 2 N–H and O–H groups in total. The Morgan fingerprint density at radius 2 is 1.83 bits per heavy atom. The highest BCUT2D eigenvalue weighted by Gasteiger charge is 2.30. The van der Waals surface area contributed by atoms with Gasteiger partial charge in [-0.05, 0) is 18.4 Å². The number of nitrogens with two attached hydrogens (primary N) is 1. The van der Waals surface area contributed by atoms with Gasteiger partial charge in [-0.3, -0.25) is 4.79 Å². The molecule has 0 radical (unpaired) electrons. The number of rotatable bonds is 4. The van der Waals surface area contributed by atoms with E-state index >= 15 is 0 Å². The van der Waals surface area contributed by atoms with Gasteiger partial charge in [0.15, 0.2) is 0 Å². The fourth-order valence-corrected chi connectivity index (χ4v) is 2.51. The van der Waals surface area contributed by atoms with Gasteiger partial charge in [0.05, 0.1) is 6.42 Å². The second kappa shape index (κ2) is 6.01. The maximum Gasteiger partial charge on any atom is 0.307 e. The molecule has 1 fully saturated rings. The Labute approximate surface area is 108 Å². The van der Waals surface area contributed by atoms with E-state index in [1.165, 1.54) is 6.42 Å². The Bertz CT molecular complexity index is 383. The van der Waals surface area contributed by atoms with Gasteiger partial charge in [0.1, 0.15) is 6.61 Å². The van der Waals surface area contributed by atoms with Gasteiger partial charge in [-0.25, -0.2) is 0 Å². The third kappa shape index (κ3) is 3.84. The fraction of sp³-hybridized carbons (Fsp3) is 0.533. The number of hydrogen-bond donors (Lipinski definition) is 1. The molecule has 0 aromatic heterocycles. The largest absolute Gasteiger partial charge is 0.461 e. The zero-order valence-corrected chi connectivity index (χ0v) is 10.7. The molecule has 18 heavy (non-hydrogen) atoms. The first-order chi connectivity index (χ1) is 8.68. The molecular weight excluding hydrogens is 226 g/mol. The lowest BCUT2D eigenvalue weighted by molar-refractivity contribution is -0.146. The minimum Gasteiger partial charge on any atom is -0.461 e. The van der Waals surface area contributed by atoms with Crippen molar-refractivity contribution >= 4 is 5.97 Å². The average Bonchev–Trinajstić information content (AvgIpc) is 2.38. The number of hydrogen-bond acceptors (Lipinski definition) is 3. The molecule has 1 aliphatic rings. The molecule has 0 unspecified atom stereocenters. The predicted octanol–water partition coefficient (Wildman–Crippen LogP) is 2.78. The first kappa shape index (κ1) is 13.1. The zero-order chi connectivity index (χ0) is 12.8. The molecule has 0 aliphatic heterocycles. The van der Waals surface area contributed by atoms with E-state index in [9.17, 15) is 4.79 Å². The molecule has 0 amide bonds. The monoisotopic (exact) mass is 247 g/mol. The summed E-state index contributed by atoms with van der Waals surface area (Å²) >= 11 is 0. The second-order valence-electron chi connectivity index (χ2n) is 5.25. The van der Waals surface area contributed by atoms with Gasteiger partial charge < -0.3 is 10.5 Å². The van der Waals surface area contributed by atoms with E-state index in [1.54, 1.807) is 0 Å². The van der Waals surface area contributed by atoms with Crippen LogP contribution in [0.1, 0.15) is 44.1 Å². The Morgan fingerprint density at radius 3 is 2.50 bits per heavy atom. The van der Waals surface area contributed by atoms with Gasteiger partial charge in [-0.1, -0.05) is 49.6 Å². The average molecular weight is 247 g/mol. The number of carbonyl (C=O) groups excluding carboxylic acids is 1. The first-order valence-electron chi connectivity index (χ1n) is 6.66. The molecule has 3 nitrogen and oxygen atoms in total. The van der Waals surface area contributed by atoms with Crippen molar-refractivity contribution in [3.63, 3.8) is 0 Å². The van der Waals surface area contributed by atoms with Crippen LogP contribution in [-0.4, -0.2) is 11.5 Å². The molecule has 0 spiro atoms. The van der Waals surface area contributed by atoms with Crippen molar-refractivity contribution in [3.8, 4) is 0 Å². The van der Waals surface area contributed by atoms with Gasteiger partial charge in [-0.2, -0.15) is 0 Å². The summed E-state index contributed by atoms with van der Waals surface area (Å²) in [5.74, 6) is -0.178. The molecule has 0 saturated heterocycles. The summed E-state index contributed by atoms with van der Waals surface area (Å²) in [6, 6.07) is 9.73. The van der Waals surface area contributed by atoms with E-state index < -0.39 is 0 Å². The third-order valence-corrected chi connectivity index (χ3v) is 3.59. The van der Waals surface area contributed by atoms with Crippen LogP contribution >= 0.6 is 0 Å². The SMILES string of the molecule is NC1(CC(=O)OCc2ccccc2)CCCCC1. The third-order valence-electron chi connectivity index (χ3n) is 3.59. The zero-order valence-electron chi connectivity index (χ0n) is 10.7. The summed E-state index contributed by atoms with van der Waals surface area (Å²) in [5, 5.41) is 0. The Balaban J connectivity index is 1.78. The molecule has 0 atom stereocenters. The summed E-state index contributed by atoms with van der Waals surface area (Å²) < 4.78 is 5.28. The van der Waals surface area contributed by atoms with Crippen LogP contribution in [0.4, 0.5) is 0 Å². The van der Waals surface area contributed by atoms with Crippen molar-refractivity contribution in [1.82, 2.24) is 0 Å². The van der Waals surface area contributed by atoms with Crippen molar-refractivity contribution in [2.75, 3.05) is 0 Å². The summed E-state index contributed by atoms with van der Waals surface area (Å²) in [6.07, 6.45) is 5.71. The highest BCUT2D eigenvalue weighted by molar-refractivity contribution is 5.71. The molecule has 2 rings (SSSR count). The van der Waals surface area contributed by atoms with Gasteiger partial charge >= 0.3 is 5.97 Å². The summed E-state index contributed by atoms with van der Waals surface area (Å²) in [7, 11) is 0. The maximum absolute atomic E-state index is 11.8. The van der Waals surface area contributed by atoms with Crippen LogP contribution in [0.5, 0.6) is 0 Å². The molecule has 0 heterocycles. The molecule has 1 aromatic carbocycles. The minimum absolute atomic E-state index is 0.178. The Kier molecular flexibility index (Phi) is 4.37. The lowest BCUT2D eigenvalue weighted by Crippen LogP contribution is -2.43. The van der Waals surface area contributed by atoms with Crippen molar-refractivity contribution in [2.24, 2.45) is 5.73 Å².